The average Bonchev–Trinajstić information content (AvgIpc) is 2.33. The van der Waals surface area contributed by atoms with Crippen molar-refractivity contribution in [3.63, 3.8) is 0 Å². The Bertz CT molecular complexity index is 662. The van der Waals surface area contributed by atoms with Crippen molar-refractivity contribution in [2.45, 2.75) is 32.5 Å². The second kappa shape index (κ2) is 6.48. The van der Waals surface area contributed by atoms with Gasteiger partial charge in [-0.2, -0.15) is 17.5 Å². The van der Waals surface area contributed by atoms with Crippen molar-refractivity contribution in [2.24, 2.45) is 0 Å². The fraction of sp³-hybridized carbons (Fsp3) is 0.500. The molecule has 1 N–H and O–H groups in total. The predicted octanol–water partition coefficient (Wildman–Crippen LogP) is 2.70. The molecule has 0 saturated carbocycles. The number of amides is 1. The minimum Gasteiger partial charge on any atom is -0.325 e. The third-order valence-corrected chi connectivity index (χ3v) is 4.41. The summed E-state index contributed by atoms with van der Waals surface area (Å²) in [4.78, 5) is 12.0. The van der Waals surface area contributed by atoms with Gasteiger partial charge in [0.15, 0.2) is 0 Å². The molecule has 1 aromatic carbocycles. The maximum atomic E-state index is 12.5. The third kappa shape index (κ3) is 5.83. The molecular formula is C14H19F3N2O3S. The summed E-state index contributed by atoms with van der Waals surface area (Å²) < 4.78 is 61.9. The first-order valence-electron chi connectivity index (χ1n) is 6.66. The molecule has 1 amide bonds. The summed E-state index contributed by atoms with van der Waals surface area (Å²) in [5, 5.41) is 2.38. The third-order valence-electron chi connectivity index (χ3n) is 2.93. The summed E-state index contributed by atoms with van der Waals surface area (Å²) in [6.07, 6.45) is -3.47. The van der Waals surface area contributed by atoms with Crippen molar-refractivity contribution >= 4 is 21.6 Å². The Labute approximate surface area is 133 Å². The highest BCUT2D eigenvalue weighted by Crippen LogP contribution is 2.29. The molecular weight excluding hydrogens is 333 g/mol. The van der Waals surface area contributed by atoms with E-state index < -0.39 is 39.8 Å². The summed E-state index contributed by atoms with van der Waals surface area (Å²) in [6.45, 7) is 4.49. The molecule has 0 aliphatic heterocycles. The minimum atomic E-state index is -4.46. The van der Waals surface area contributed by atoms with Crippen LogP contribution in [0.4, 0.5) is 18.9 Å². The van der Waals surface area contributed by atoms with E-state index in [2.05, 4.69) is 5.32 Å². The topological polar surface area (TPSA) is 66.5 Å². The molecule has 0 atom stereocenters. The SMILES string of the molecule is CC(C)(C)N(CC(=O)Nc1ccc(C(F)(F)F)cc1)S(C)(=O)=O. The largest absolute Gasteiger partial charge is 0.416 e. The molecule has 0 radical (unpaired) electrons. The summed E-state index contributed by atoms with van der Waals surface area (Å²) in [7, 11) is -3.61. The predicted molar refractivity (Wildman–Crippen MR) is 81.4 cm³/mol. The van der Waals surface area contributed by atoms with Crippen LogP contribution in [0.1, 0.15) is 26.3 Å². The lowest BCUT2D eigenvalue weighted by Crippen LogP contribution is -2.48. The normalized spacial score (nSPS) is 13.2. The molecule has 0 fully saturated rings. The second-order valence-electron chi connectivity index (χ2n) is 6.06. The quantitative estimate of drug-likeness (QED) is 0.906. The number of nitrogens with one attached hydrogen (secondary N) is 1. The maximum Gasteiger partial charge on any atom is 0.416 e. The zero-order chi connectivity index (χ0) is 18.1. The van der Waals surface area contributed by atoms with E-state index in [1.165, 1.54) is 0 Å². The number of carbonyl (C=O) groups excluding carboxylic acids is 1. The Morgan fingerprint density at radius 1 is 1.13 bits per heavy atom. The summed E-state index contributed by atoms with van der Waals surface area (Å²) in [5.74, 6) is -0.634. The number of sulfonamides is 1. The molecule has 23 heavy (non-hydrogen) atoms. The smallest absolute Gasteiger partial charge is 0.325 e. The van der Waals surface area contributed by atoms with E-state index in [-0.39, 0.29) is 5.69 Å². The fourth-order valence-electron chi connectivity index (χ4n) is 1.93. The van der Waals surface area contributed by atoms with Crippen LogP contribution >= 0.6 is 0 Å². The molecule has 0 aliphatic carbocycles. The van der Waals surface area contributed by atoms with Crippen LogP contribution in [0.25, 0.3) is 0 Å². The second-order valence-corrected chi connectivity index (χ2v) is 7.97. The molecule has 130 valence electrons. The lowest BCUT2D eigenvalue weighted by Gasteiger charge is -2.32. The van der Waals surface area contributed by atoms with Crippen molar-refractivity contribution in [2.75, 3.05) is 18.1 Å². The number of hydrogen-bond acceptors (Lipinski definition) is 3. The molecule has 9 heteroatoms. The van der Waals surface area contributed by atoms with E-state index in [0.717, 1.165) is 34.8 Å². The molecule has 0 unspecified atom stereocenters. The van der Waals surface area contributed by atoms with Gasteiger partial charge in [-0.25, -0.2) is 8.42 Å². The minimum absolute atomic E-state index is 0.158. The number of rotatable bonds is 4. The molecule has 0 saturated heterocycles. The van der Waals surface area contributed by atoms with Gasteiger partial charge in [-0.15, -0.1) is 0 Å². The number of anilines is 1. The Kier molecular flexibility index (Phi) is 5.48. The van der Waals surface area contributed by atoms with Gasteiger partial charge in [0, 0.05) is 11.2 Å². The first kappa shape index (κ1) is 19.4. The number of hydrogen-bond donors (Lipinski definition) is 1. The number of halogens is 3. The van der Waals surface area contributed by atoms with E-state index in [0.29, 0.717) is 0 Å². The Morgan fingerprint density at radius 3 is 1.96 bits per heavy atom. The van der Waals surface area contributed by atoms with Gasteiger partial charge in [-0.3, -0.25) is 4.79 Å². The van der Waals surface area contributed by atoms with E-state index in [4.69, 9.17) is 0 Å². The van der Waals surface area contributed by atoms with Crippen LogP contribution in [0.5, 0.6) is 0 Å². The Balaban J connectivity index is 2.84. The number of benzene rings is 1. The fourth-order valence-corrected chi connectivity index (χ4v) is 3.27. The van der Waals surface area contributed by atoms with Gasteiger partial charge in [-0.1, -0.05) is 0 Å². The van der Waals surface area contributed by atoms with E-state index >= 15 is 0 Å². The van der Waals surface area contributed by atoms with Gasteiger partial charge in [-0.05, 0) is 45.0 Å². The highest BCUT2D eigenvalue weighted by atomic mass is 32.2. The van der Waals surface area contributed by atoms with Gasteiger partial charge >= 0.3 is 6.18 Å². The van der Waals surface area contributed by atoms with E-state index in [1.54, 1.807) is 20.8 Å². The first-order valence-corrected chi connectivity index (χ1v) is 8.51. The standard InChI is InChI=1S/C14H19F3N2O3S/c1-13(2,3)19(23(4,21)22)9-12(20)18-11-7-5-10(6-8-11)14(15,16)17/h5-8H,9H2,1-4H3,(H,18,20). The van der Waals surface area contributed by atoms with Crippen LogP contribution in [-0.4, -0.2) is 37.0 Å². The number of alkyl halides is 3. The summed E-state index contributed by atoms with van der Waals surface area (Å²) in [6, 6.07) is 3.91. The van der Waals surface area contributed by atoms with Crippen molar-refractivity contribution in [1.82, 2.24) is 4.31 Å². The number of nitrogens with zero attached hydrogens (tertiary/aromatic N) is 1. The molecule has 0 spiro atoms. The molecule has 0 aliphatic rings. The zero-order valence-electron chi connectivity index (χ0n) is 13.2. The Morgan fingerprint density at radius 2 is 1.61 bits per heavy atom. The van der Waals surface area contributed by atoms with Crippen molar-refractivity contribution in [1.29, 1.82) is 0 Å². The number of carbonyl (C=O) groups is 1. The van der Waals surface area contributed by atoms with Crippen LogP contribution in [0.15, 0.2) is 24.3 Å². The average molecular weight is 352 g/mol. The maximum absolute atomic E-state index is 12.5. The van der Waals surface area contributed by atoms with Crippen LogP contribution in [0.2, 0.25) is 0 Å². The van der Waals surface area contributed by atoms with Gasteiger partial charge in [0.25, 0.3) is 0 Å². The molecule has 1 rings (SSSR count). The van der Waals surface area contributed by atoms with Gasteiger partial charge in [0.1, 0.15) is 0 Å². The lowest BCUT2D eigenvalue weighted by molar-refractivity contribution is -0.137. The highest BCUT2D eigenvalue weighted by molar-refractivity contribution is 7.88. The zero-order valence-corrected chi connectivity index (χ0v) is 14.0. The molecule has 1 aromatic rings. The van der Waals surface area contributed by atoms with E-state index in [9.17, 15) is 26.4 Å². The summed E-state index contributed by atoms with van der Waals surface area (Å²) in [5.41, 5.74) is -1.47. The van der Waals surface area contributed by atoms with Crippen molar-refractivity contribution in [3.05, 3.63) is 29.8 Å². The molecule has 0 heterocycles. The molecule has 0 bridgehead atoms. The summed E-state index contributed by atoms with van der Waals surface area (Å²) >= 11 is 0. The molecule has 0 aromatic heterocycles. The van der Waals surface area contributed by atoms with E-state index in [1.807, 2.05) is 0 Å². The van der Waals surface area contributed by atoms with Crippen molar-refractivity contribution in [3.8, 4) is 0 Å². The van der Waals surface area contributed by atoms with Crippen molar-refractivity contribution < 1.29 is 26.4 Å². The van der Waals surface area contributed by atoms with Gasteiger partial charge in [0.05, 0.1) is 18.4 Å². The lowest BCUT2D eigenvalue weighted by atomic mass is 10.1. The van der Waals surface area contributed by atoms with Gasteiger partial charge in [0.2, 0.25) is 15.9 Å². The van der Waals surface area contributed by atoms with Crippen LogP contribution in [0.3, 0.4) is 0 Å². The monoisotopic (exact) mass is 352 g/mol. The highest BCUT2D eigenvalue weighted by Gasteiger charge is 2.32. The molecule has 5 nitrogen and oxygen atoms in total. The van der Waals surface area contributed by atoms with Crippen LogP contribution in [0, 0.1) is 0 Å². The van der Waals surface area contributed by atoms with Gasteiger partial charge < -0.3 is 5.32 Å². The Hall–Kier alpha value is -1.61. The first-order chi connectivity index (χ1) is 10.2. The van der Waals surface area contributed by atoms with Crippen LogP contribution in [-0.2, 0) is 21.0 Å². The van der Waals surface area contributed by atoms with Crippen LogP contribution < -0.4 is 5.32 Å².